The Morgan fingerprint density at radius 1 is 1.40 bits per heavy atom. The Balaban J connectivity index is 1.70. The molecule has 1 unspecified atom stereocenters. The maximum absolute atomic E-state index is 12.4. The molecular weight excluding hydrogens is 252 g/mol. The van der Waals surface area contributed by atoms with Crippen LogP contribution >= 0.6 is 0 Å². The standard InChI is InChI=1S/C16H24N2O2/c1-16(9-10-17-13-16)15(19)18(2)11-6-12-20-14-7-4-3-5-8-14/h3-5,7-8,17H,6,9-13H2,1-2H3. The van der Waals surface area contributed by atoms with E-state index in [0.29, 0.717) is 6.61 Å². The van der Waals surface area contributed by atoms with Crippen molar-refractivity contribution in [3.63, 3.8) is 0 Å². The van der Waals surface area contributed by atoms with Gasteiger partial charge in [-0.3, -0.25) is 4.79 Å². The zero-order valence-electron chi connectivity index (χ0n) is 12.4. The molecule has 0 bridgehead atoms. The second kappa shape index (κ2) is 6.75. The third kappa shape index (κ3) is 3.73. The van der Waals surface area contributed by atoms with Gasteiger partial charge in [-0.25, -0.2) is 0 Å². The van der Waals surface area contributed by atoms with Crippen LogP contribution in [0.5, 0.6) is 5.75 Å². The molecular formula is C16H24N2O2. The Morgan fingerprint density at radius 3 is 2.80 bits per heavy atom. The highest BCUT2D eigenvalue weighted by atomic mass is 16.5. The normalized spacial score (nSPS) is 21.7. The van der Waals surface area contributed by atoms with E-state index in [9.17, 15) is 4.79 Å². The van der Waals surface area contributed by atoms with Crippen LogP contribution in [0.15, 0.2) is 30.3 Å². The van der Waals surface area contributed by atoms with Crippen molar-refractivity contribution in [3.05, 3.63) is 30.3 Å². The molecule has 4 heteroatoms. The van der Waals surface area contributed by atoms with Gasteiger partial charge in [0.15, 0.2) is 0 Å². The number of hydrogen-bond acceptors (Lipinski definition) is 3. The summed E-state index contributed by atoms with van der Waals surface area (Å²) in [4.78, 5) is 14.2. The van der Waals surface area contributed by atoms with Crippen molar-refractivity contribution < 1.29 is 9.53 Å². The van der Waals surface area contributed by atoms with Gasteiger partial charge >= 0.3 is 0 Å². The fourth-order valence-electron chi connectivity index (χ4n) is 2.57. The summed E-state index contributed by atoms with van der Waals surface area (Å²) in [6, 6.07) is 9.77. The van der Waals surface area contributed by atoms with E-state index in [1.807, 2.05) is 49.2 Å². The first-order valence-corrected chi connectivity index (χ1v) is 7.26. The van der Waals surface area contributed by atoms with E-state index in [-0.39, 0.29) is 11.3 Å². The number of carbonyl (C=O) groups excluding carboxylic acids is 1. The Morgan fingerprint density at radius 2 is 2.15 bits per heavy atom. The topological polar surface area (TPSA) is 41.6 Å². The summed E-state index contributed by atoms with van der Waals surface area (Å²) in [6.45, 7) is 5.15. The number of hydrogen-bond donors (Lipinski definition) is 1. The number of nitrogens with one attached hydrogen (secondary N) is 1. The zero-order chi connectivity index (χ0) is 14.4. The van der Waals surface area contributed by atoms with Crippen LogP contribution in [-0.4, -0.2) is 44.1 Å². The summed E-state index contributed by atoms with van der Waals surface area (Å²) < 4.78 is 5.64. The monoisotopic (exact) mass is 276 g/mol. The highest BCUT2D eigenvalue weighted by molar-refractivity contribution is 5.82. The fraction of sp³-hybridized carbons (Fsp3) is 0.562. The first-order valence-electron chi connectivity index (χ1n) is 7.26. The minimum atomic E-state index is -0.227. The van der Waals surface area contributed by atoms with Crippen molar-refractivity contribution >= 4 is 5.91 Å². The van der Waals surface area contributed by atoms with Crippen molar-refractivity contribution in [1.29, 1.82) is 0 Å². The van der Waals surface area contributed by atoms with Gasteiger partial charge in [-0.05, 0) is 38.4 Å². The number of carbonyl (C=O) groups is 1. The van der Waals surface area contributed by atoms with E-state index in [2.05, 4.69) is 5.32 Å². The van der Waals surface area contributed by atoms with Gasteiger partial charge < -0.3 is 15.0 Å². The molecule has 1 aliphatic heterocycles. The smallest absolute Gasteiger partial charge is 0.229 e. The van der Waals surface area contributed by atoms with E-state index in [1.54, 1.807) is 0 Å². The molecule has 110 valence electrons. The van der Waals surface area contributed by atoms with Crippen LogP contribution in [0.4, 0.5) is 0 Å². The maximum Gasteiger partial charge on any atom is 0.229 e. The minimum absolute atomic E-state index is 0.227. The van der Waals surface area contributed by atoms with Gasteiger partial charge in [-0.1, -0.05) is 18.2 Å². The molecule has 1 aromatic rings. The minimum Gasteiger partial charge on any atom is -0.494 e. The fourth-order valence-corrected chi connectivity index (χ4v) is 2.57. The van der Waals surface area contributed by atoms with E-state index < -0.39 is 0 Å². The van der Waals surface area contributed by atoms with Crippen LogP contribution in [-0.2, 0) is 4.79 Å². The van der Waals surface area contributed by atoms with E-state index in [1.165, 1.54) is 0 Å². The number of rotatable bonds is 6. The van der Waals surface area contributed by atoms with Crippen molar-refractivity contribution in [2.45, 2.75) is 19.8 Å². The molecule has 1 N–H and O–H groups in total. The molecule has 1 atom stereocenters. The Labute approximate surface area is 121 Å². The molecule has 1 aromatic carbocycles. The van der Waals surface area contributed by atoms with Crippen molar-refractivity contribution in [2.75, 3.05) is 33.3 Å². The van der Waals surface area contributed by atoms with Gasteiger partial charge in [0.1, 0.15) is 5.75 Å². The zero-order valence-corrected chi connectivity index (χ0v) is 12.4. The molecule has 1 fully saturated rings. The molecule has 0 aliphatic carbocycles. The lowest BCUT2D eigenvalue weighted by Crippen LogP contribution is -2.42. The van der Waals surface area contributed by atoms with Gasteiger partial charge in [0, 0.05) is 20.1 Å². The predicted octanol–water partition coefficient (Wildman–Crippen LogP) is 1.91. The molecule has 0 saturated carbocycles. The molecule has 1 aliphatic rings. The van der Waals surface area contributed by atoms with Gasteiger partial charge in [0.2, 0.25) is 5.91 Å². The number of ether oxygens (including phenoxy) is 1. The van der Waals surface area contributed by atoms with Crippen LogP contribution in [0.2, 0.25) is 0 Å². The lowest BCUT2D eigenvalue weighted by atomic mass is 9.88. The van der Waals surface area contributed by atoms with E-state index in [4.69, 9.17) is 4.74 Å². The maximum atomic E-state index is 12.4. The number of nitrogens with zero attached hydrogens (tertiary/aromatic N) is 1. The molecule has 4 nitrogen and oxygen atoms in total. The molecule has 20 heavy (non-hydrogen) atoms. The average molecular weight is 276 g/mol. The summed E-state index contributed by atoms with van der Waals surface area (Å²) in [6.07, 6.45) is 1.78. The van der Waals surface area contributed by atoms with Crippen LogP contribution < -0.4 is 10.1 Å². The summed E-state index contributed by atoms with van der Waals surface area (Å²) in [5.41, 5.74) is -0.227. The largest absolute Gasteiger partial charge is 0.494 e. The Bertz CT molecular complexity index is 427. The highest BCUT2D eigenvalue weighted by Crippen LogP contribution is 2.26. The quantitative estimate of drug-likeness (QED) is 0.807. The van der Waals surface area contributed by atoms with Gasteiger partial charge in [-0.15, -0.1) is 0 Å². The average Bonchev–Trinajstić information content (AvgIpc) is 2.92. The van der Waals surface area contributed by atoms with Gasteiger partial charge in [0.25, 0.3) is 0 Å². The predicted molar refractivity (Wildman–Crippen MR) is 79.8 cm³/mol. The van der Waals surface area contributed by atoms with Crippen molar-refractivity contribution in [2.24, 2.45) is 5.41 Å². The molecule has 1 heterocycles. The summed E-state index contributed by atoms with van der Waals surface area (Å²) >= 11 is 0. The summed E-state index contributed by atoms with van der Waals surface area (Å²) in [5.74, 6) is 1.12. The first-order chi connectivity index (χ1) is 9.62. The second-order valence-corrected chi connectivity index (χ2v) is 5.73. The molecule has 0 radical (unpaired) electrons. The molecule has 2 rings (SSSR count). The van der Waals surface area contributed by atoms with Crippen LogP contribution in [0.1, 0.15) is 19.8 Å². The first kappa shape index (κ1) is 14.9. The highest BCUT2D eigenvalue weighted by Gasteiger charge is 2.37. The van der Waals surface area contributed by atoms with Gasteiger partial charge in [0.05, 0.1) is 12.0 Å². The van der Waals surface area contributed by atoms with E-state index in [0.717, 1.165) is 38.2 Å². The number of amides is 1. The lowest BCUT2D eigenvalue weighted by molar-refractivity contribution is -0.138. The third-order valence-corrected chi connectivity index (χ3v) is 3.88. The number of para-hydroxylation sites is 1. The Kier molecular flexibility index (Phi) is 5.01. The molecule has 1 saturated heterocycles. The lowest BCUT2D eigenvalue weighted by Gasteiger charge is -2.28. The van der Waals surface area contributed by atoms with Crippen molar-refractivity contribution in [1.82, 2.24) is 10.2 Å². The van der Waals surface area contributed by atoms with Crippen LogP contribution in [0.3, 0.4) is 0 Å². The molecule has 0 aromatic heterocycles. The molecule has 0 spiro atoms. The van der Waals surface area contributed by atoms with Crippen LogP contribution in [0.25, 0.3) is 0 Å². The molecule has 1 amide bonds. The third-order valence-electron chi connectivity index (χ3n) is 3.88. The summed E-state index contributed by atoms with van der Waals surface area (Å²) in [5, 5.41) is 3.27. The summed E-state index contributed by atoms with van der Waals surface area (Å²) in [7, 11) is 1.88. The Hall–Kier alpha value is -1.55. The van der Waals surface area contributed by atoms with E-state index >= 15 is 0 Å². The van der Waals surface area contributed by atoms with Gasteiger partial charge in [-0.2, -0.15) is 0 Å². The number of benzene rings is 1. The van der Waals surface area contributed by atoms with Crippen molar-refractivity contribution in [3.8, 4) is 5.75 Å². The van der Waals surface area contributed by atoms with Crippen LogP contribution in [0, 0.1) is 5.41 Å². The second-order valence-electron chi connectivity index (χ2n) is 5.73. The SMILES string of the molecule is CN(CCCOc1ccccc1)C(=O)C1(C)CCNC1.